The molecule has 2 aliphatic rings. The average Bonchev–Trinajstić information content (AvgIpc) is 2.86. The van der Waals surface area contributed by atoms with Crippen LogP contribution in [0.25, 0.3) is 5.57 Å². The van der Waals surface area contributed by atoms with Crippen molar-refractivity contribution in [3.63, 3.8) is 0 Å². The second-order valence-electron chi connectivity index (χ2n) is 7.46. The molecule has 140 valence electrons. The highest BCUT2D eigenvalue weighted by atomic mass is 16.3. The van der Waals surface area contributed by atoms with E-state index < -0.39 is 0 Å². The maximum atomic E-state index is 13.3. The van der Waals surface area contributed by atoms with Gasteiger partial charge in [-0.05, 0) is 37.8 Å². The molecule has 0 aromatic heterocycles. The van der Waals surface area contributed by atoms with Crippen LogP contribution in [0.15, 0.2) is 23.9 Å². The highest BCUT2D eigenvalue weighted by Crippen LogP contribution is 2.36. The number of amides is 2. The number of carbonyl (C=O) groups excluding carboxylic acids is 2. The van der Waals surface area contributed by atoms with E-state index in [0.717, 1.165) is 42.4 Å². The number of aryl methyl sites for hydroxylation is 2. The van der Waals surface area contributed by atoms with Gasteiger partial charge in [-0.3, -0.25) is 14.5 Å². The topological polar surface area (TPSA) is 60.9 Å². The summed E-state index contributed by atoms with van der Waals surface area (Å²) < 4.78 is 0. The van der Waals surface area contributed by atoms with Gasteiger partial charge in [-0.25, -0.2) is 0 Å². The van der Waals surface area contributed by atoms with Crippen molar-refractivity contribution in [1.82, 2.24) is 9.80 Å². The molecule has 0 unspecified atom stereocenters. The Kier molecular flexibility index (Phi) is 5.47. The van der Waals surface area contributed by atoms with E-state index >= 15 is 0 Å². The Morgan fingerprint density at radius 2 is 1.81 bits per heavy atom. The van der Waals surface area contributed by atoms with Gasteiger partial charge in [-0.2, -0.15) is 0 Å². The molecule has 1 aliphatic heterocycles. The van der Waals surface area contributed by atoms with Crippen molar-refractivity contribution in [2.24, 2.45) is 0 Å². The van der Waals surface area contributed by atoms with Gasteiger partial charge < -0.3 is 10.0 Å². The summed E-state index contributed by atoms with van der Waals surface area (Å²) in [5.74, 6) is -0.401. The van der Waals surface area contributed by atoms with Gasteiger partial charge in [-0.15, -0.1) is 0 Å². The first-order valence-electron chi connectivity index (χ1n) is 9.47. The first-order valence-corrected chi connectivity index (χ1v) is 9.47. The first-order chi connectivity index (χ1) is 12.5. The fraction of sp³-hybridized carbons (Fsp3) is 0.524. The zero-order valence-corrected chi connectivity index (χ0v) is 15.9. The van der Waals surface area contributed by atoms with Crippen LogP contribution in [0.2, 0.25) is 0 Å². The number of hydrogen-bond acceptors (Lipinski definition) is 4. The van der Waals surface area contributed by atoms with Crippen molar-refractivity contribution in [2.45, 2.75) is 52.0 Å². The van der Waals surface area contributed by atoms with Crippen molar-refractivity contribution >= 4 is 17.4 Å². The van der Waals surface area contributed by atoms with Gasteiger partial charge in [-0.1, -0.05) is 43.0 Å². The third kappa shape index (κ3) is 3.28. The lowest BCUT2D eigenvalue weighted by Crippen LogP contribution is -2.43. The zero-order valence-electron chi connectivity index (χ0n) is 15.9. The van der Waals surface area contributed by atoms with Crippen molar-refractivity contribution in [2.75, 3.05) is 20.2 Å². The predicted molar refractivity (Wildman–Crippen MR) is 101 cm³/mol. The molecule has 1 heterocycles. The molecule has 0 spiro atoms. The van der Waals surface area contributed by atoms with Gasteiger partial charge in [0.15, 0.2) is 0 Å². The molecule has 3 rings (SSSR count). The Morgan fingerprint density at radius 1 is 1.12 bits per heavy atom. The van der Waals surface area contributed by atoms with Crippen LogP contribution in [0.5, 0.6) is 0 Å². The van der Waals surface area contributed by atoms with Crippen LogP contribution >= 0.6 is 0 Å². The van der Waals surface area contributed by atoms with Crippen molar-refractivity contribution in [3.05, 3.63) is 40.6 Å². The lowest BCUT2D eigenvalue weighted by Gasteiger charge is -2.30. The first kappa shape index (κ1) is 18.6. The van der Waals surface area contributed by atoms with E-state index in [1.807, 2.05) is 32.0 Å². The highest BCUT2D eigenvalue weighted by molar-refractivity contribution is 6.35. The second kappa shape index (κ2) is 7.62. The van der Waals surface area contributed by atoms with E-state index in [2.05, 4.69) is 0 Å². The second-order valence-corrected chi connectivity index (χ2v) is 7.46. The Hall–Kier alpha value is -2.14. The molecular formula is C21H28N2O3. The normalized spacial score (nSPS) is 18.8. The molecule has 5 heteroatoms. The summed E-state index contributed by atoms with van der Waals surface area (Å²) in [5.41, 5.74) is 3.82. The molecule has 2 amide bonds. The molecule has 0 atom stereocenters. The van der Waals surface area contributed by atoms with Gasteiger partial charge in [0.25, 0.3) is 11.8 Å². The lowest BCUT2D eigenvalue weighted by molar-refractivity contribution is -0.140. The van der Waals surface area contributed by atoms with Gasteiger partial charge in [0.2, 0.25) is 0 Å². The van der Waals surface area contributed by atoms with E-state index in [4.69, 9.17) is 0 Å². The molecule has 26 heavy (non-hydrogen) atoms. The van der Waals surface area contributed by atoms with Crippen molar-refractivity contribution < 1.29 is 14.7 Å². The Bertz CT molecular complexity index is 748. The molecule has 1 aliphatic carbocycles. The standard InChI is InChI=1S/C21H28N2O3/c1-14-9-10-17(15(2)13-14)18-19(22(3)11-12-24)21(26)23(20(18)25)16-7-5-4-6-8-16/h9-10,13,16,24H,4-8,11-12H2,1-3H3. The van der Waals surface area contributed by atoms with Crippen LogP contribution in [0.3, 0.4) is 0 Å². The van der Waals surface area contributed by atoms with E-state index in [1.54, 1.807) is 11.9 Å². The molecule has 1 aromatic carbocycles. The summed E-state index contributed by atoms with van der Waals surface area (Å²) in [6, 6.07) is 5.93. The van der Waals surface area contributed by atoms with E-state index in [0.29, 0.717) is 17.8 Å². The number of benzene rings is 1. The number of nitrogens with zero attached hydrogens (tertiary/aromatic N) is 2. The number of rotatable bonds is 5. The fourth-order valence-corrected chi connectivity index (χ4v) is 4.16. The fourth-order valence-electron chi connectivity index (χ4n) is 4.16. The quantitative estimate of drug-likeness (QED) is 0.824. The Balaban J connectivity index is 2.07. The van der Waals surface area contributed by atoms with Gasteiger partial charge in [0.05, 0.1) is 12.2 Å². The molecule has 1 fully saturated rings. The molecule has 0 saturated heterocycles. The summed E-state index contributed by atoms with van der Waals surface area (Å²) in [6.07, 6.45) is 5.05. The number of likely N-dealkylation sites (N-methyl/N-ethyl adjacent to an activating group) is 1. The minimum atomic E-state index is -0.215. The average molecular weight is 356 g/mol. The van der Waals surface area contributed by atoms with Gasteiger partial charge in [0, 0.05) is 19.6 Å². The maximum absolute atomic E-state index is 13.3. The summed E-state index contributed by atoms with van der Waals surface area (Å²) >= 11 is 0. The minimum Gasteiger partial charge on any atom is -0.395 e. The monoisotopic (exact) mass is 356 g/mol. The van der Waals surface area contributed by atoms with E-state index in [-0.39, 0.29) is 24.5 Å². The van der Waals surface area contributed by atoms with E-state index in [1.165, 1.54) is 11.3 Å². The van der Waals surface area contributed by atoms with Crippen LogP contribution in [0.1, 0.15) is 48.8 Å². The number of carbonyl (C=O) groups is 2. The van der Waals surface area contributed by atoms with Crippen LogP contribution in [-0.2, 0) is 9.59 Å². The van der Waals surface area contributed by atoms with E-state index in [9.17, 15) is 14.7 Å². The van der Waals surface area contributed by atoms with Gasteiger partial charge >= 0.3 is 0 Å². The molecule has 5 nitrogen and oxygen atoms in total. The summed E-state index contributed by atoms with van der Waals surface area (Å²) in [5, 5.41) is 9.34. The summed E-state index contributed by atoms with van der Waals surface area (Å²) in [6.45, 7) is 4.24. The SMILES string of the molecule is Cc1ccc(C2=C(N(C)CCO)C(=O)N(C3CCCCC3)C2=O)c(C)c1. The molecule has 1 N–H and O–H groups in total. The highest BCUT2D eigenvalue weighted by Gasteiger charge is 2.44. The molecule has 1 aromatic rings. The Morgan fingerprint density at radius 3 is 2.42 bits per heavy atom. The van der Waals surface area contributed by atoms with Crippen LogP contribution in [0, 0.1) is 13.8 Å². The van der Waals surface area contributed by atoms with Crippen LogP contribution in [-0.4, -0.2) is 53.0 Å². The van der Waals surface area contributed by atoms with Crippen LogP contribution in [0.4, 0.5) is 0 Å². The van der Waals surface area contributed by atoms with Crippen molar-refractivity contribution in [3.8, 4) is 0 Å². The third-order valence-electron chi connectivity index (χ3n) is 5.50. The molecule has 0 radical (unpaired) electrons. The molecule has 1 saturated carbocycles. The third-order valence-corrected chi connectivity index (χ3v) is 5.50. The zero-order chi connectivity index (χ0) is 18.8. The molecule has 0 bridgehead atoms. The largest absolute Gasteiger partial charge is 0.395 e. The lowest BCUT2D eigenvalue weighted by atomic mass is 9.94. The number of aliphatic hydroxyl groups excluding tert-OH is 1. The Labute approximate surface area is 155 Å². The van der Waals surface area contributed by atoms with Gasteiger partial charge in [0.1, 0.15) is 5.70 Å². The molecular weight excluding hydrogens is 328 g/mol. The maximum Gasteiger partial charge on any atom is 0.278 e. The smallest absolute Gasteiger partial charge is 0.278 e. The minimum absolute atomic E-state index is 0.00969. The number of hydrogen-bond donors (Lipinski definition) is 1. The summed E-state index contributed by atoms with van der Waals surface area (Å²) in [7, 11) is 1.77. The summed E-state index contributed by atoms with van der Waals surface area (Å²) in [4.78, 5) is 29.8. The van der Waals surface area contributed by atoms with Crippen LogP contribution < -0.4 is 0 Å². The number of aliphatic hydroxyl groups is 1. The van der Waals surface area contributed by atoms with Crippen molar-refractivity contribution in [1.29, 1.82) is 0 Å². The number of imide groups is 1. The predicted octanol–water partition coefficient (Wildman–Crippen LogP) is 2.64.